The van der Waals surface area contributed by atoms with Gasteiger partial charge >= 0.3 is 11.9 Å². The molecule has 6 heteroatoms. The van der Waals surface area contributed by atoms with Crippen LogP contribution in [0.2, 0.25) is 0 Å². The molecular formula is C12H15NO5. The largest absolute Gasteiger partial charge is 0.493 e. The molecule has 98 valence electrons. The Kier molecular flexibility index (Phi) is 4.98. The van der Waals surface area contributed by atoms with Crippen LogP contribution in [0.1, 0.15) is 23.2 Å². The molecule has 0 atom stereocenters. The van der Waals surface area contributed by atoms with Crippen LogP contribution in [0.3, 0.4) is 0 Å². The quantitative estimate of drug-likeness (QED) is 0.450. The Labute approximate surface area is 104 Å². The van der Waals surface area contributed by atoms with E-state index in [0.717, 1.165) is 0 Å². The molecule has 1 rings (SSSR count). The number of benzene rings is 1. The lowest BCUT2D eigenvalue weighted by Gasteiger charge is -2.10. The van der Waals surface area contributed by atoms with Crippen LogP contribution < -0.4 is 10.5 Å². The predicted octanol–water partition coefficient (Wildman–Crippen LogP) is 1.30. The van der Waals surface area contributed by atoms with Crippen molar-refractivity contribution in [3.8, 4) is 5.75 Å². The predicted molar refractivity (Wildman–Crippen MR) is 64.6 cm³/mol. The van der Waals surface area contributed by atoms with E-state index in [-0.39, 0.29) is 36.0 Å². The monoisotopic (exact) mass is 253 g/mol. The van der Waals surface area contributed by atoms with E-state index in [1.165, 1.54) is 19.2 Å². The second kappa shape index (κ2) is 6.48. The van der Waals surface area contributed by atoms with Gasteiger partial charge in [-0.25, -0.2) is 4.79 Å². The molecule has 18 heavy (non-hydrogen) atoms. The van der Waals surface area contributed by atoms with Gasteiger partial charge < -0.3 is 20.3 Å². The van der Waals surface area contributed by atoms with Gasteiger partial charge in [0, 0.05) is 12.1 Å². The van der Waals surface area contributed by atoms with Crippen LogP contribution >= 0.6 is 0 Å². The summed E-state index contributed by atoms with van der Waals surface area (Å²) in [4.78, 5) is 21.9. The highest BCUT2D eigenvalue weighted by Crippen LogP contribution is 2.24. The van der Waals surface area contributed by atoms with Crippen molar-refractivity contribution in [3.63, 3.8) is 0 Å². The summed E-state index contributed by atoms with van der Waals surface area (Å²) >= 11 is 0. The van der Waals surface area contributed by atoms with Gasteiger partial charge in [0.1, 0.15) is 11.3 Å². The molecule has 0 aliphatic carbocycles. The van der Waals surface area contributed by atoms with E-state index in [0.29, 0.717) is 6.42 Å². The van der Waals surface area contributed by atoms with E-state index in [1.807, 2.05) is 0 Å². The lowest BCUT2D eigenvalue weighted by Crippen LogP contribution is -2.09. The molecule has 3 N–H and O–H groups in total. The number of anilines is 1. The number of aromatic carboxylic acids is 1. The van der Waals surface area contributed by atoms with E-state index in [9.17, 15) is 9.59 Å². The Bertz CT molecular complexity index is 444. The average Bonchev–Trinajstić information content (AvgIpc) is 2.33. The molecule has 0 aliphatic heterocycles. The minimum Gasteiger partial charge on any atom is -0.493 e. The molecule has 0 unspecified atom stereocenters. The SMILES string of the molecule is COC(=O)CCCOc1cccc(N)c1C(=O)O. The van der Waals surface area contributed by atoms with E-state index in [4.69, 9.17) is 15.6 Å². The fourth-order valence-electron chi connectivity index (χ4n) is 1.40. The number of nitrogens with two attached hydrogens (primary N) is 1. The number of rotatable bonds is 6. The van der Waals surface area contributed by atoms with E-state index >= 15 is 0 Å². The molecule has 1 aromatic rings. The summed E-state index contributed by atoms with van der Waals surface area (Å²) in [5.74, 6) is -1.27. The number of hydrogen-bond acceptors (Lipinski definition) is 5. The van der Waals surface area contributed by atoms with Gasteiger partial charge in [-0.15, -0.1) is 0 Å². The smallest absolute Gasteiger partial charge is 0.341 e. The molecule has 0 aromatic heterocycles. The van der Waals surface area contributed by atoms with Gasteiger partial charge in [0.05, 0.1) is 13.7 Å². The summed E-state index contributed by atoms with van der Waals surface area (Å²) in [5, 5.41) is 9.00. The van der Waals surface area contributed by atoms with Crippen molar-refractivity contribution in [2.45, 2.75) is 12.8 Å². The van der Waals surface area contributed by atoms with Crippen molar-refractivity contribution in [1.82, 2.24) is 0 Å². The summed E-state index contributed by atoms with van der Waals surface area (Å²) in [5.41, 5.74) is 5.65. The van der Waals surface area contributed by atoms with Gasteiger partial charge in [-0.05, 0) is 18.6 Å². The highest BCUT2D eigenvalue weighted by Gasteiger charge is 2.14. The maximum absolute atomic E-state index is 11.0. The second-order valence-corrected chi connectivity index (χ2v) is 3.55. The fourth-order valence-corrected chi connectivity index (χ4v) is 1.40. The van der Waals surface area contributed by atoms with Crippen LogP contribution in [0.15, 0.2) is 18.2 Å². The number of carbonyl (C=O) groups excluding carboxylic acids is 1. The molecule has 0 saturated heterocycles. The lowest BCUT2D eigenvalue weighted by atomic mass is 10.1. The maximum Gasteiger partial charge on any atom is 0.341 e. The third kappa shape index (κ3) is 3.65. The van der Waals surface area contributed by atoms with Crippen LogP contribution in [0.25, 0.3) is 0 Å². The van der Waals surface area contributed by atoms with Crippen molar-refractivity contribution in [3.05, 3.63) is 23.8 Å². The van der Waals surface area contributed by atoms with Crippen LogP contribution in [-0.4, -0.2) is 30.8 Å². The minimum absolute atomic E-state index is 0.0597. The van der Waals surface area contributed by atoms with Crippen molar-refractivity contribution in [2.24, 2.45) is 0 Å². The third-order valence-electron chi connectivity index (χ3n) is 2.28. The molecule has 0 amide bonds. The molecule has 6 nitrogen and oxygen atoms in total. The Hall–Kier alpha value is -2.24. The number of carbonyl (C=O) groups is 2. The first-order chi connectivity index (χ1) is 8.56. The number of hydrogen-bond donors (Lipinski definition) is 2. The maximum atomic E-state index is 11.0. The van der Waals surface area contributed by atoms with Crippen molar-refractivity contribution in [2.75, 3.05) is 19.5 Å². The van der Waals surface area contributed by atoms with Crippen LogP contribution in [-0.2, 0) is 9.53 Å². The summed E-state index contributed by atoms with van der Waals surface area (Å²) < 4.78 is 9.78. The zero-order valence-electron chi connectivity index (χ0n) is 10.0. The van der Waals surface area contributed by atoms with Gasteiger partial charge in [-0.2, -0.15) is 0 Å². The summed E-state index contributed by atoms with van der Waals surface area (Å²) in [6, 6.07) is 4.63. The van der Waals surface area contributed by atoms with E-state index < -0.39 is 5.97 Å². The first-order valence-electron chi connectivity index (χ1n) is 5.37. The number of nitrogen functional groups attached to an aromatic ring is 1. The molecule has 0 radical (unpaired) electrons. The summed E-state index contributed by atoms with van der Waals surface area (Å²) in [6.45, 7) is 0.221. The third-order valence-corrected chi connectivity index (χ3v) is 2.28. The van der Waals surface area contributed by atoms with Crippen molar-refractivity contribution < 1.29 is 24.2 Å². The summed E-state index contributed by atoms with van der Waals surface area (Å²) in [6.07, 6.45) is 0.668. The zero-order valence-corrected chi connectivity index (χ0v) is 10.0. The fraction of sp³-hybridized carbons (Fsp3) is 0.333. The average molecular weight is 253 g/mol. The highest BCUT2D eigenvalue weighted by atomic mass is 16.5. The Morgan fingerprint density at radius 1 is 1.39 bits per heavy atom. The molecule has 0 aliphatic rings. The van der Waals surface area contributed by atoms with Crippen molar-refractivity contribution in [1.29, 1.82) is 0 Å². The van der Waals surface area contributed by atoms with E-state index in [2.05, 4.69) is 4.74 Å². The van der Waals surface area contributed by atoms with Crippen LogP contribution in [0.4, 0.5) is 5.69 Å². The second-order valence-electron chi connectivity index (χ2n) is 3.55. The first-order valence-corrected chi connectivity index (χ1v) is 5.37. The van der Waals surface area contributed by atoms with Gasteiger partial charge in [0.2, 0.25) is 0 Å². The van der Waals surface area contributed by atoms with Gasteiger partial charge in [-0.3, -0.25) is 4.79 Å². The Morgan fingerprint density at radius 2 is 2.11 bits per heavy atom. The molecule has 1 aromatic carbocycles. The van der Waals surface area contributed by atoms with Crippen LogP contribution in [0, 0.1) is 0 Å². The summed E-state index contributed by atoms with van der Waals surface area (Å²) in [7, 11) is 1.31. The molecular weight excluding hydrogens is 238 g/mol. The standard InChI is InChI=1S/C12H15NO5/c1-17-10(14)6-3-7-18-9-5-2-4-8(13)11(9)12(15)16/h2,4-5H,3,6-7,13H2,1H3,(H,15,16). The lowest BCUT2D eigenvalue weighted by molar-refractivity contribution is -0.140. The highest BCUT2D eigenvalue weighted by molar-refractivity contribution is 5.96. The normalized spacial score (nSPS) is 9.83. The first kappa shape index (κ1) is 13.8. The molecule has 0 spiro atoms. The molecule has 0 fully saturated rings. The van der Waals surface area contributed by atoms with Gasteiger partial charge in [0.15, 0.2) is 0 Å². The Morgan fingerprint density at radius 3 is 2.72 bits per heavy atom. The molecule has 0 saturated carbocycles. The Balaban J connectivity index is 2.60. The molecule has 0 heterocycles. The topological polar surface area (TPSA) is 98.9 Å². The molecule has 0 bridgehead atoms. The number of esters is 1. The minimum atomic E-state index is -1.14. The van der Waals surface area contributed by atoms with Gasteiger partial charge in [-0.1, -0.05) is 6.07 Å². The number of methoxy groups -OCH3 is 1. The number of carboxylic acid groups (broad SMARTS) is 1. The van der Waals surface area contributed by atoms with E-state index in [1.54, 1.807) is 6.07 Å². The van der Waals surface area contributed by atoms with Crippen LogP contribution in [0.5, 0.6) is 5.75 Å². The zero-order chi connectivity index (χ0) is 13.5. The van der Waals surface area contributed by atoms with Crippen molar-refractivity contribution >= 4 is 17.6 Å². The van der Waals surface area contributed by atoms with Gasteiger partial charge in [0.25, 0.3) is 0 Å². The number of ether oxygens (including phenoxy) is 2. The number of carboxylic acids is 1.